The van der Waals surface area contributed by atoms with E-state index in [2.05, 4.69) is 5.32 Å². The van der Waals surface area contributed by atoms with E-state index in [-0.39, 0.29) is 35.4 Å². The molecule has 0 unspecified atom stereocenters. The third-order valence-corrected chi connectivity index (χ3v) is 7.63. The summed E-state index contributed by atoms with van der Waals surface area (Å²) in [7, 11) is -7.27. The van der Waals surface area contributed by atoms with Crippen molar-refractivity contribution >= 4 is 55.7 Å². The Morgan fingerprint density at radius 3 is 1.87 bits per heavy atom. The molecule has 0 aromatic heterocycles. The molecule has 1 atom stereocenters. The molecule has 1 aromatic carbocycles. The lowest BCUT2D eigenvalue weighted by atomic mass is 10.1. The third-order valence-electron chi connectivity index (χ3n) is 5.26. The Morgan fingerprint density at radius 1 is 0.889 bits per heavy atom. The third kappa shape index (κ3) is 14.7. The van der Waals surface area contributed by atoms with Crippen molar-refractivity contribution in [2.45, 2.75) is 78.2 Å². The first-order valence-corrected chi connectivity index (χ1v) is 17.9. The van der Waals surface area contributed by atoms with Crippen LogP contribution in [0.25, 0.3) is 0 Å². The summed E-state index contributed by atoms with van der Waals surface area (Å²) in [6.45, 7) is 9.45. The van der Waals surface area contributed by atoms with Crippen LogP contribution in [0.3, 0.4) is 0 Å². The van der Waals surface area contributed by atoms with Crippen LogP contribution in [0.1, 0.15) is 59.9 Å². The molecule has 0 bridgehead atoms. The molecule has 0 heterocycles. The van der Waals surface area contributed by atoms with Gasteiger partial charge in [-0.1, -0.05) is 16.5 Å². The number of hydrogen-bond acceptors (Lipinski definition) is 11. The van der Waals surface area contributed by atoms with Gasteiger partial charge in [-0.05, 0) is 65.7 Å². The van der Waals surface area contributed by atoms with Crippen LogP contribution in [-0.4, -0.2) is 104 Å². The molecule has 3 amide bonds. The normalized spacial score (nSPS) is 13.0. The highest BCUT2D eigenvalue weighted by atomic mass is 35.5. The number of urea groups is 1. The number of esters is 2. The van der Waals surface area contributed by atoms with Crippen molar-refractivity contribution in [1.82, 2.24) is 19.0 Å². The van der Waals surface area contributed by atoms with Crippen molar-refractivity contribution in [3.63, 3.8) is 0 Å². The fourth-order valence-corrected chi connectivity index (χ4v) is 6.16. The molecule has 0 aliphatic rings. The van der Waals surface area contributed by atoms with Crippen LogP contribution in [0.5, 0.6) is 5.75 Å². The monoisotopic (exact) mass is 698 g/mol. The highest BCUT2D eigenvalue weighted by Gasteiger charge is 2.37. The lowest BCUT2D eigenvalue weighted by Crippen LogP contribution is -2.55. The molecule has 256 valence electrons. The maximum Gasteiger partial charge on any atom is 0.413 e. The molecule has 0 saturated carbocycles. The van der Waals surface area contributed by atoms with Crippen molar-refractivity contribution in [3.05, 3.63) is 29.8 Å². The van der Waals surface area contributed by atoms with Crippen LogP contribution < -0.4 is 10.1 Å². The van der Waals surface area contributed by atoms with Gasteiger partial charge in [0.25, 0.3) is 10.0 Å². The van der Waals surface area contributed by atoms with E-state index < -0.39 is 67.9 Å². The van der Waals surface area contributed by atoms with Crippen molar-refractivity contribution in [3.8, 4) is 5.75 Å². The molecular formula is C27H43ClN4O11S2. The van der Waals surface area contributed by atoms with Crippen molar-refractivity contribution in [2.24, 2.45) is 0 Å². The number of carbonyl (C=O) groups is 4. The van der Waals surface area contributed by atoms with E-state index in [1.807, 2.05) is 0 Å². The quantitative estimate of drug-likeness (QED) is 0.181. The van der Waals surface area contributed by atoms with Gasteiger partial charge in [-0.15, -0.1) is 16.0 Å². The summed E-state index contributed by atoms with van der Waals surface area (Å²) in [5, 5.41) is 2.41. The average Bonchev–Trinajstić information content (AvgIpc) is 2.83. The van der Waals surface area contributed by atoms with E-state index in [4.69, 9.17) is 25.8 Å². The Balaban J connectivity index is 3.00. The zero-order valence-electron chi connectivity index (χ0n) is 26.9. The number of nitrogens with one attached hydrogen (secondary N) is 1. The highest BCUT2D eigenvalue weighted by Crippen LogP contribution is 2.18. The van der Waals surface area contributed by atoms with Crippen LogP contribution in [0.2, 0.25) is 0 Å². The van der Waals surface area contributed by atoms with E-state index in [9.17, 15) is 36.0 Å². The van der Waals surface area contributed by atoms with E-state index in [1.54, 1.807) is 41.5 Å². The molecule has 1 aromatic rings. The molecule has 0 spiro atoms. The van der Waals surface area contributed by atoms with Gasteiger partial charge in [0.05, 0.1) is 12.5 Å². The Labute approximate surface area is 270 Å². The maximum atomic E-state index is 13.1. The maximum absolute atomic E-state index is 13.1. The first-order valence-electron chi connectivity index (χ1n) is 13.6. The van der Waals surface area contributed by atoms with Gasteiger partial charge in [0, 0.05) is 32.4 Å². The number of ether oxygens (including phenoxy) is 3. The molecule has 0 aliphatic heterocycles. The van der Waals surface area contributed by atoms with Gasteiger partial charge in [-0.25, -0.2) is 31.2 Å². The number of nitrogens with zero attached hydrogens (tertiary/aromatic N) is 3. The topological polar surface area (TPSA) is 186 Å². The number of hydrazine groups is 1. The molecular weight excluding hydrogens is 656 g/mol. The lowest BCUT2D eigenvalue weighted by Gasteiger charge is -2.33. The molecule has 0 aliphatic carbocycles. The largest absolute Gasteiger partial charge is 0.460 e. The van der Waals surface area contributed by atoms with Crippen LogP contribution >= 0.6 is 11.6 Å². The highest BCUT2D eigenvalue weighted by molar-refractivity contribution is 7.91. The summed E-state index contributed by atoms with van der Waals surface area (Å²) >= 11 is 5.64. The minimum atomic E-state index is -4.36. The van der Waals surface area contributed by atoms with Crippen molar-refractivity contribution in [2.75, 3.05) is 32.0 Å². The van der Waals surface area contributed by atoms with Gasteiger partial charge in [0.1, 0.15) is 23.0 Å². The van der Waals surface area contributed by atoms with Crippen LogP contribution in [0.15, 0.2) is 24.3 Å². The van der Waals surface area contributed by atoms with E-state index in [0.717, 1.165) is 11.2 Å². The molecule has 18 heteroatoms. The van der Waals surface area contributed by atoms with Gasteiger partial charge in [0.15, 0.2) is 0 Å². The Hall–Kier alpha value is -3.15. The Morgan fingerprint density at radius 2 is 1.42 bits per heavy atom. The molecule has 1 N–H and O–H groups in total. The second kappa shape index (κ2) is 15.9. The minimum absolute atomic E-state index is 0.0587. The Bertz CT molecular complexity index is 1420. The van der Waals surface area contributed by atoms with Crippen molar-refractivity contribution in [1.29, 1.82) is 0 Å². The van der Waals surface area contributed by atoms with Gasteiger partial charge in [-0.2, -0.15) is 0 Å². The van der Waals surface area contributed by atoms with Crippen LogP contribution in [-0.2, 0) is 45.7 Å². The predicted molar refractivity (Wildman–Crippen MR) is 166 cm³/mol. The SMILES string of the molecule is CN(Cc1ccc(OC(=O)N[C@@H](CCC(=O)OC(C)(C)C)C(=O)OC(C)(C)C)cc1)C(=O)N(N(CCCl)S(C)(=O)=O)S(C)(=O)=O. The number of rotatable bonds is 13. The predicted octanol–water partition coefficient (Wildman–Crippen LogP) is 2.84. The first kappa shape index (κ1) is 39.9. The molecule has 1 rings (SSSR count). The second-order valence-electron chi connectivity index (χ2n) is 12.0. The van der Waals surface area contributed by atoms with E-state index >= 15 is 0 Å². The number of hydrogen-bond donors (Lipinski definition) is 1. The summed E-state index contributed by atoms with van der Waals surface area (Å²) in [6.07, 6.45) is 0.153. The summed E-state index contributed by atoms with van der Waals surface area (Å²) in [6, 6.07) is 3.39. The van der Waals surface area contributed by atoms with Gasteiger partial charge >= 0.3 is 24.1 Å². The van der Waals surface area contributed by atoms with Gasteiger partial charge in [0.2, 0.25) is 10.0 Å². The Kier molecular flexibility index (Phi) is 14.1. The van der Waals surface area contributed by atoms with Crippen molar-refractivity contribution < 1.29 is 50.2 Å². The first-order chi connectivity index (χ1) is 20.3. The molecule has 15 nitrogen and oxygen atoms in total. The standard InChI is InChI=1S/C27H43ClN4O11S2/c1-26(2,3)42-22(33)15-14-21(23(34)43-27(4,5)6)29-24(35)41-20-12-10-19(11-13-20)18-30(7)25(36)32(45(9,39)40)31(17-16-28)44(8,37)38/h10-13,21H,14-18H2,1-9H3,(H,29,35)/t21-/m0/s1. The molecule has 0 saturated heterocycles. The number of carbonyl (C=O) groups excluding carboxylic acids is 4. The minimum Gasteiger partial charge on any atom is -0.460 e. The van der Waals surface area contributed by atoms with E-state index in [1.165, 1.54) is 31.3 Å². The van der Waals surface area contributed by atoms with E-state index in [0.29, 0.717) is 16.2 Å². The summed E-state index contributed by atoms with van der Waals surface area (Å²) in [5.74, 6) is -1.54. The zero-order chi connectivity index (χ0) is 35.0. The number of amides is 3. The molecule has 0 fully saturated rings. The zero-order valence-corrected chi connectivity index (χ0v) is 29.3. The van der Waals surface area contributed by atoms with Gasteiger partial charge in [-0.3, -0.25) is 4.79 Å². The summed E-state index contributed by atoms with van der Waals surface area (Å²) in [4.78, 5) is 51.6. The summed E-state index contributed by atoms with van der Waals surface area (Å²) < 4.78 is 65.6. The molecule has 45 heavy (non-hydrogen) atoms. The van der Waals surface area contributed by atoms with Crippen LogP contribution in [0, 0.1) is 0 Å². The fourth-order valence-electron chi connectivity index (χ4n) is 3.57. The van der Waals surface area contributed by atoms with Crippen LogP contribution in [0.4, 0.5) is 9.59 Å². The number of benzene rings is 1. The fraction of sp³-hybridized carbons (Fsp3) is 0.630. The average molecular weight is 699 g/mol. The number of alkyl halides is 1. The smallest absolute Gasteiger partial charge is 0.413 e. The lowest BCUT2D eigenvalue weighted by molar-refractivity contribution is -0.158. The second-order valence-corrected chi connectivity index (χ2v) is 16.1. The molecule has 0 radical (unpaired) electrons. The van der Waals surface area contributed by atoms with Gasteiger partial charge < -0.3 is 24.4 Å². The number of halogens is 1. The number of sulfonamides is 2. The summed E-state index contributed by atoms with van der Waals surface area (Å²) in [5.41, 5.74) is -1.12.